The van der Waals surface area contributed by atoms with Crippen LogP contribution < -0.4 is 21.7 Å². The molecular formula is C19H25BrN6O3. The molecule has 1 aliphatic rings. The third kappa shape index (κ3) is 5.77. The monoisotopic (exact) mass is 464 g/mol. The van der Waals surface area contributed by atoms with E-state index < -0.39 is 6.04 Å². The van der Waals surface area contributed by atoms with Crippen molar-refractivity contribution in [2.75, 3.05) is 12.3 Å². The van der Waals surface area contributed by atoms with Crippen molar-refractivity contribution in [1.29, 1.82) is 0 Å². The largest absolute Gasteiger partial charge is 0.384 e. The molecule has 0 radical (unpaired) electrons. The molecule has 3 rings (SSSR count). The number of nitrogens with zero attached hydrogens (tertiary/aromatic N) is 2. The molecule has 0 aliphatic carbocycles. The van der Waals surface area contributed by atoms with Gasteiger partial charge in [0.25, 0.3) is 0 Å². The zero-order valence-corrected chi connectivity index (χ0v) is 18.0. The maximum atomic E-state index is 12.5. The number of aromatic nitrogens is 2. The first-order valence-corrected chi connectivity index (χ1v) is 10.3. The van der Waals surface area contributed by atoms with Gasteiger partial charge < -0.3 is 26.2 Å². The first-order valence-electron chi connectivity index (χ1n) is 9.46. The maximum Gasteiger partial charge on any atom is 0.242 e. The molecule has 2 amide bonds. The van der Waals surface area contributed by atoms with Gasteiger partial charge in [-0.25, -0.2) is 4.98 Å². The van der Waals surface area contributed by atoms with Crippen LogP contribution in [-0.2, 0) is 22.6 Å². The minimum absolute atomic E-state index is 0.181. The van der Waals surface area contributed by atoms with E-state index >= 15 is 0 Å². The second kappa shape index (κ2) is 9.36. The zero-order chi connectivity index (χ0) is 21.0. The van der Waals surface area contributed by atoms with E-state index in [9.17, 15) is 9.59 Å². The van der Waals surface area contributed by atoms with Gasteiger partial charge in [0.1, 0.15) is 22.2 Å². The molecule has 2 aromatic heterocycles. The average molecular weight is 465 g/mol. The number of halogens is 1. The van der Waals surface area contributed by atoms with Gasteiger partial charge in [-0.1, -0.05) is 11.2 Å². The number of rotatable bonds is 7. The molecule has 2 aromatic rings. The molecule has 0 unspecified atom stereocenters. The molecule has 0 bridgehead atoms. The zero-order valence-electron chi connectivity index (χ0n) is 16.4. The summed E-state index contributed by atoms with van der Waals surface area (Å²) in [6.45, 7) is 4.54. The Hall–Kier alpha value is -2.46. The number of nitrogens with one attached hydrogen (secondary N) is 3. The molecule has 9 nitrogen and oxygen atoms in total. The van der Waals surface area contributed by atoms with Crippen molar-refractivity contribution in [3.63, 3.8) is 0 Å². The summed E-state index contributed by atoms with van der Waals surface area (Å²) in [4.78, 5) is 29.0. The molecule has 0 spiro atoms. The minimum Gasteiger partial charge on any atom is -0.384 e. The molecule has 0 aromatic carbocycles. The maximum absolute atomic E-state index is 12.5. The molecule has 156 valence electrons. The van der Waals surface area contributed by atoms with E-state index in [0.717, 1.165) is 17.0 Å². The highest BCUT2D eigenvalue weighted by molar-refractivity contribution is 9.10. The predicted octanol–water partition coefficient (Wildman–Crippen LogP) is 1.06. The fourth-order valence-electron chi connectivity index (χ4n) is 3.34. The topological polar surface area (TPSA) is 135 Å². The Balaban J connectivity index is 1.44. The smallest absolute Gasteiger partial charge is 0.242 e. The summed E-state index contributed by atoms with van der Waals surface area (Å²) in [6, 6.07) is 4.38. The minimum atomic E-state index is -0.643. The van der Waals surface area contributed by atoms with Crippen molar-refractivity contribution in [3.05, 3.63) is 39.8 Å². The van der Waals surface area contributed by atoms with E-state index in [1.54, 1.807) is 13.0 Å². The standard InChI is InChI=1S/C19H25BrN6O3/c1-10-13(3-4-17(21)24-10)9-23-18(27)11(2)25-19(28)15-6-12(8-22-15)5-14-7-16(20)26-29-14/h3-4,7,11-12,15,22H,5-6,8-9H2,1-2H3,(H2,21,24)(H,23,27)(H,25,28)/t11-,12-,15+/m0/s1. The Labute approximate surface area is 177 Å². The van der Waals surface area contributed by atoms with Crippen LogP contribution in [0.2, 0.25) is 0 Å². The SMILES string of the molecule is Cc1nc(N)ccc1CNC(=O)[C@H](C)NC(=O)[C@H]1C[C@H](Cc2cc(Br)no2)CN1. The van der Waals surface area contributed by atoms with Crippen molar-refractivity contribution < 1.29 is 14.1 Å². The first-order chi connectivity index (χ1) is 13.8. The number of nitrogens with two attached hydrogens (primary N) is 1. The number of carbonyl (C=O) groups is 2. The normalized spacial score (nSPS) is 19.7. The molecule has 3 heterocycles. The number of nitrogen functional groups attached to an aromatic ring is 1. The van der Waals surface area contributed by atoms with E-state index in [4.69, 9.17) is 10.3 Å². The molecule has 1 aliphatic heterocycles. The van der Waals surface area contributed by atoms with Crippen LogP contribution in [0.25, 0.3) is 0 Å². The van der Waals surface area contributed by atoms with Crippen LogP contribution >= 0.6 is 15.9 Å². The van der Waals surface area contributed by atoms with Crippen molar-refractivity contribution in [1.82, 2.24) is 26.1 Å². The van der Waals surface area contributed by atoms with Gasteiger partial charge in [0, 0.05) is 24.7 Å². The summed E-state index contributed by atoms with van der Waals surface area (Å²) in [5.41, 5.74) is 7.28. The van der Waals surface area contributed by atoms with Gasteiger partial charge in [-0.15, -0.1) is 0 Å². The number of pyridine rings is 1. The van der Waals surface area contributed by atoms with Gasteiger partial charge in [0.15, 0.2) is 0 Å². The van der Waals surface area contributed by atoms with Gasteiger partial charge in [0.05, 0.1) is 6.04 Å². The number of hydrogen-bond acceptors (Lipinski definition) is 7. The van der Waals surface area contributed by atoms with Crippen LogP contribution in [0.5, 0.6) is 0 Å². The lowest BCUT2D eigenvalue weighted by atomic mass is 10.00. The molecule has 1 saturated heterocycles. The first kappa shape index (κ1) is 21.3. The highest BCUT2D eigenvalue weighted by atomic mass is 79.9. The molecule has 10 heteroatoms. The van der Waals surface area contributed by atoms with E-state index in [1.165, 1.54) is 0 Å². The van der Waals surface area contributed by atoms with Crippen molar-refractivity contribution in [2.45, 2.75) is 45.3 Å². The number of aryl methyl sites for hydroxylation is 1. The Morgan fingerprint density at radius 2 is 2.24 bits per heavy atom. The lowest BCUT2D eigenvalue weighted by Gasteiger charge is -2.17. The fraction of sp³-hybridized carbons (Fsp3) is 0.474. The van der Waals surface area contributed by atoms with Crippen LogP contribution in [0.3, 0.4) is 0 Å². The lowest BCUT2D eigenvalue weighted by Crippen LogP contribution is -2.50. The van der Waals surface area contributed by atoms with Crippen molar-refractivity contribution in [3.8, 4) is 0 Å². The molecular weight excluding hydrogens is 440 g/mol. The Morgan fingerprint density at radius 3 is 2.93 bits per heavy atom. The molecule has 5 N–H and O–H groups in total. The third-order valence-corrected chi connectivity index (χ3v) is 5.35. The molecule has 3 atom stereocenters. The summed E-state index contributed by atoms with van der Waals surface area (Å²) in [5, 5.41) is 12.6. The average Bonchev–Trinajstić information content (AvgIpc) is 3.30. The van der Waals surface area contributed by atoms with E-state index in [1.807, 2.05) is 19.1 Å². The molecule has 29 heavy (non-hydrogen) atoms. The van der Waals surface area contributed by atoms with E-state index in [-0.39, 0.29) is 23.8 Å². The highest BCUT2D eigenvalue weighted by Crippen LogP contribution is 2.21. The van der Waals surface area contributed by atoms with Crippen molar-refractivity contribution in [2.24, 2.45) is 5.92 Å². The Kier molecular flexibility index (Phi) is 6.86. The molecule has 1 fully saturated rings. The fourth-order valence-corrected chi connectivity index (χ4v) is 3.67. The van der Waals surface area contributed by atoms with Gasteiger partial charge in [0.2, 0.25) is 11.8 Å². The number of amides is 2. The number of anilines is 1. The molecule has 0 saturated carbocycles. The summed E-state index contributed by atoms with van der Waals surface area (Å²) < 4.78 is 5.87. The summed E-state index contributed by atoms with van der Waals surface area (Å²) in [7, 11) is 0. The predicted molar refractivity (Wildman–Crippen MR) is 111 cm³/mol. The van der Waals surface area contributed by atoms with Gasteiger partial charge in [-0.3, -0.25) is 9.59 Å². The highest BCUT2D eigenvalue weighted by Gasteiger charge is 2.31. The van der Waals surface area contributed by atoms with E-state index in [2.05, 4.69) is 42.0 Å². The van der Waals surface area contributed by atoms with Crippen molar-refractivity contribution >= 4 is 33.6 Å². The third-order valence-electron chi connectivity index (χ3n) is 4.98. The van der Waals surface area contributed by atoms with Gasteiger partial charge in [-0.2, -0.15) is 0 Å². The van der Waals surface area contributed by atoms with Gasteiger partial charge >= 0.3 is 0 Å². The van der Waals surface area contributed by atoms with Crippen LogP contribution in [0, 0.1) is 12.8 Å². The second-order valence-electron chi connectivity index (χ2n) is 7.31. The van der Waals surface area contributed by atoms with Crippen LogP contribution in [0.1, 0.15) is 30.4 Å². The van der Waals surface area contributed by atoms with Gasteiger partial charge in [-0.05, 0) is 60.3 Å². The van der Waals surface area contributed by atoms with E-state index in [0.29, 0.717) is 36.4 Å². The van der Waals surface area contributed by atoms with Crippen LogP contribution in [0.15, 0.2) is 27.3 Å². The Morgan fingerprint density at radius 1 is 1.45 bits per heavy atom. The van der Waals surface area contributed by atoms with Crippen LogP contribution in [0.4, 0.5) is 5.82 Å². The number of hydrogen-bond donors (Lipinski definition) is 4. The summed E-state index contributed by atoms with van der Waals surface area (Å²) in [6.07, 6.45) is 1.38. The summed E-state index contributed by atoms with van der Waals surface area (Å²) in [5.74, 6) is 1.06. The Bertz CT molecular complexity index is 887. The second-order valence-corrected chi connectivity index (χ2v) is 8.12. The van der Waals surface area contributed by atoms with Crippen LogP contribution in [-0.4, -0.2) is 40.6 Å². The summed E-state index contributed by atoms with van der Waals surface area (Å²) >= 11 is 3.26. The number of carbonyl (C=O) groups excluding carboxylic acids is 2. The lowest BCUT2D eigenvalue weighted by molar-refractivity contribution is -0.129. The quantitative estimate of drug-likeness (QED) is 0.480.